The standard InChI is InChI=1S/C28H55F2N/c1-5-9-13-14-15-16-17-18-24-31-27(21-12-8-4)22-23-28(29,30)25-26(27,19-10-6-2)20-11-7-3/h31H,5-25H2,1-4H3. The third-order valence-corrected chi connectivity index (χ3v) is 8.00. The molecule has 0 saturated heterocycles. The van der Waals surface area contributed by atoms with Gasteiger partial charge in [-0.25, -0.2) is 8.78 Å². The van der Waals surface area contributed by atoms with Crippen molar-refractivity contribution in [2.75, 3.05) is 6.54 Å². The Bertz CT molecular complexity index is 429. The van der Waals surface area contributed by atoms with Crippen LogP contribution >= 0.6 is 0 Å². The Morgan fingerprint density at radius 3 is 1.61 bits per heavy atom. The number of hydrogen-bond donors (Lipinski definition) is 1. The number of hydrogen-bond acceptors (Lipinski definition) is 1. The van der Waals surface area contributed by atoms with E-state index in [0.717, 1.165) is 64.3 Å². The Balaban J connectivity index is 2.83. The molecule has 0 bridgehead atoms. The van der Waals surface area contributed by atoms with Gasteiger partial charge in [-0.3, -0.25) is 0 Å². The van der Waals surface area contributed by atoms with Gasteiger partial charge in [0.2, 0.25) is 5.92 Å². The first-order valence-corrected chi connectivity index (χ1v) is 14.0. The summed E-state index contributed by atoms with van der Waals surface area (Å²) in [7, 11) is 0. The van der Waals surface area contributed by atoms with Crippen LogP contribution in [0.1, 0.15) is 156 Å². The smallest absolute Gasteiger partial charge is 0.248 e. The van der Waals surface area contributed by atoms with E-state index in [1.165, 1.54) is 51.4 Å². The van der Waals surface area contributed by atoms with E-state index in [1.54, 1.807) is 0 Å². The van der Waals surface area contributed by atoms with Gasteiger partial charge in [0.25, 0.3) is 0 Å². The number of nitrogens with one attached hydrogen (secondary N) is 1. The molecule has 1 unspecified atom stereocenters. The maximum absolute atomic E-state index is 14.8. The lowest BCUT2D eigenvalue weighted by atomic mass is 9.54. The molecule has 0 heterocycles. The second-order valence-electron chi connectivity index (χ2n) is 10.6. The summed E-state index contributed by atoms with van der Waals surface area (Å²) < 4.78 is 29.6. The van der Waals surface area contributed by atoms with Crippen LogP contribution in [-0.4, -0.2) is 18.0 Å². The van der Waals surface area contributed by atoms with Crippen molar-refractivity contribution in [2.45, 2.75) is 168 Å². The molecule has 1 fully saturated rings. The van der Waals surface area contributed by atoms with Crippen LogP contribution in [0.25, 0.3) is 0 Å². The number of alkyl halides is 2. The summed E-state index contributed by atoms with van der Waals surface area (Å²) in [5.74, 6) is -2.49. The van der Waals surface area contributed by atoms with Gasteiger partial charge in [0.05, 0.1) is 0 Å². The highest BCUT2D eigenvalue weighted by Gasteiger charge is 2.57. The van der Waals surface area contributed by atoms with Crippen molar-refractivity contribution < 1.29 is 8.78 Å². The zero-order valence-electron chi connectivity index (χ0n) is 21.6. The van der Waals surface area contributed by atoms with E-state index in [2.05, 4.69) is 33.0 Å². The number of halogens is 2. The molecule has 0 aromatic heterocycles. The van der Waals surface area contributed by atoms with Crippen LogP contribution in [0.3, 0.4) is 0 Å². The van der Waals surface area contributed by atoms with Gasteiger partial charge in [-0.1, -0.05) is 111 Å². The molecule has 3 heteroatoms. The molecule has 1 atom stereocenters. The first-order chi connectivity index (χ1) is 14.9. The monoisotopic (exact) mass is 443 g/mol. The molecule has 1 aliphatic rings. The highest BCUT2D eigenvalue weighted by molar-refractivity contribution is 5.10. The molecule has 1 saturated carbocycles. The normalized spacial score (nSPS) is 22.6. The van der Waals surface area contributed by atoms with Gasteiger partial charge in [-0.15, -0.1) is 0 Å². The van der Waals surface area contributed by atoms with E-state index in [0.29, 0.717) is 6.42 Å². The third kappa shape index (κ3) is 9.68. The molecule has 0 aromatic rings. The predicted octanol–water partition coefficient (Wildman–Crippen LogP) is 9.83. The molecule has 0 aliphatic heterocycles. The minimum absolute atomic E-state index is 0.0706. The second-order valence-corrected chi connectivity index (χ2v) is 10.6. The molecule has 0 amide bonds. The van der Waals surface area contributed by atoms with Gasteiger partial charge in [-0.2, -0.15) is 0 Å². The lowest BCUT2D eigenvalue weighted by Gasteiger charge is -2.57. The van der Waals surface area contributed by atoms with Crippen molar-refractivity contribution in [3.8, 4) is 0 Å². The lowest BCUT2D eigenvalue weighted by molar-refractivity contribution is -0.135. The van der Waals surface area contributed by atoms with Crippen LogP contribution in [0.2, 0.25) is 0 Å². The molecule has 1 nitrogen and oxygen atoms in total. The summed E-state index contributed by atoms with van der Waals surface area (Å²) in [4.78, 5) is 0. The van der Waals surface area contributed by atoms with Gasteiger partial charge >= 0.3 is 0 Å². The largest absolute Gasteiger partial charge is 0.311 e. The van der Waals surface area contributed by atoms with E-state index < -0.39 is 5.92 Å². The average molecular weight is 444 g/mol. The summed E-state index contributed by atoms with van der Waals surface area (Å²) in [5.41, 5.74) is -0.327. The highest BCUT2D eigenvalue weighted by Crippen LogP contribution is 2.57. The van der Waals surface area contributed by atoms with E-state index >= 15 is 0 Å². The van der Waals surface area contributed by atoms with E-state index in [-0.39, 0.29) is 23.8 Å². The van der Waals surface area contributed by atoms with Crippen molar-refractivity contribution in [3.05, 3.63) is 0 Å². The fourth-order valence-corrected chi connectivity index (χ4v) is 6.04. The van der Waals surface area contributed by atoms with Crippen LogP contribution in [0.5, 0.6) is 0 Å². The van der Waals surface area contributed by atoms with Gasteiger partial charge in [0.1, 0.15) is 0 Å². The van der Waals surface area contributed by atoms with Crippen molar-refractivity contribution in [1.82, 2.24) is 5.32 Å². The highest BCUT2D eigenvalue weighted by atomic mass is 19.3. The third-order valence-electron chi connectivity index (χ3n) is 8.00. The predicted molar refractivity (Wildman–Crippen MR) is 133 cm³/mol. The molecular formula is C28H55F2N. The first kappa shape index (κ1) is 28.9. The summed E-state index contributed by atoms with van der Waals surface area (Å²) in [5, 5.41) is 3.99. The van der Waals surface area contributed by atoms with Gasteiger partial charge in [0.15, 0.2) is 0 Å². The fourth-order valence-electron chi connectivity index (χ4n) is 6.04. The minimum atomic E-state index is -2.49. The summed E-state index contributed by atoms with van der Waals surface area (Å²) in [6.45, 7) is 9.92. The minimum Gasteiger partial charge on any atom is -0.311 e. The summed E-state index contributed by atoms with van der Waals surface area (Å²) in [6, 6.07) is 0. The van der Waals surface area contributed by atoms with Gasteiger partial charge in [-0.05, 0) is 44.1 Å². The Morgan fingerprint density at radius 1 is 0.581 bits per heavy atom. The molecular weight excluding hydrogens is 388 g/mol. The molecule has 31 heavy (non-hydrogen) atoms. The van der Waals surface area contributed by atoms with Crippen LogP contribution < -0.4 is 5.32 Å². The quantitative estimate of drug-likeness (QED) is 0.196. The van der Waals surface area contributed by atoms with Crippen molar-refractivity contribution in [2.24, 2.45) is 5.41 Å². The van der Waals surface area contributed by atoms with Crippen molar-refractivity contribution in [3.63, 3.8) is 0 Å². The molecule has 0 radical (unpaired) electrons. The Morgan fingerprint density at radius 2 is 1.06 bits per heavy atom. The van der Waals surface area contributed by atoms with Crippen LogP contribution in [0.4, 0.5) is 8.78 Å². The lowest BCUT2D eigenvalue weighted by Crippen LogP contribution is -2.63. The Hall–Kier alpha value is -0.180. The van der Waals surface area contributed by atoms with Gasteiger partial charge < -0.3 is 5.32 Å². The molecule has 186 valence electrons. The van der Waals surface area contributed by atoms with E-state index in [1.807, 2.05) is 0 Å². The van der Waals surface area contributed by atoms with Crippen molar-refractivity contribution >= 4 is 0 Å². The maximum atomic E-state index is 14.8. The summed E-state index contributed by atoms with van der Waals surface area (Å²) in [6.07, 6.45) is 21.0. The zero-order chi connectivity index (χ0) is 23.1. The molecule has 0 spiro atoms. The SMILES string of the molecule is CCCCCCCCCCNC1(CCCC)CCC(F)(F)CC1(CCCC)CCCC. The molecule has 1 aliphatic carbocycles. The van der Waals surface area contributed by atoms with Crippen LogP contribution in [0.15, 0.2) is 0 Å². The maximum Gasteiger partial charge on any atom is 0.248 e. The number of unbranched alkanes of at least 4 members (excludes halogenated alkanes) is 10. The summed E-state index contributed by atoms with van der Waals surface area (Å²) >= 11 is 0. The van der Waals surface area contributed by atoms with Crippen molar-refractivity contribution in [1.29, 1.82) is 0 Å². The molecule has 1 rings (SSSR count). The van der Waals surface area contributed by atoms with Gasteiger partial charge in [0, 0.05) is 18.4 Å². The molecule has 1 N–H and O–H groups in total. The van der Waals surface area contributed by atoms with E-state index in [9.17, 15) is 8.78 Å². The van der Waals surface area contributed by atoms with E-state index in [4.69, 9.17) is 0 Å². The van der Waals surface area contributed by atoms with Crippen LogP contribution in [-0.2, 0) is 0 Å². The topological polar surface area (TPSA) is 12.0 Å². The Labute approximate surface area is 193 Å². The average Bonchev–Trinajstić information content (AvgIpc) is 2.75. The zero-order valence-corrected chi connectivity index (χ0v) is 21.6. The molecule has 0 aromatic carbocycles. The fraction of sp³-hybridized carbons (Fsp3) is 1.00. The number of rotatable bonds is 19. The Kier molecular flexibility index (Phi) is 14.5. The van der Waals surface area contributed by atoms with Crippen LogP contribution in [0, 0.1) is 5.41 Å². The second kappa shape index (κ2) is 15.6. The first-order valence-electron chi connectivity index (χ1n) is 14.0.